The van der Waals surface area contributed by atoms with Gasteiger partial charge in [0.15, 0.2) is 5.41 Å². The van der Waals surface area contributed by atoms with Crippen molar-refractivity contribution in [2.75, 3.05) is 13.2 Å². The Labute approximate surface area is 174 Å². The van der Waals surface area contributed by atoms with E-state index in [0.717, 1.165) is 11.1 Å². The molecule has 2 aromatic rings. The molecule has 154 valence electrons. The van der Waals surface area contributed by atoms with Crippen molar-refractivity contribution in [3.8, 4) is 0 Å². The van der Waals surface area contributed by atoms with Crippen LogP contribution in [0.4, 0.5) is 0 Å². The van der Waals surface area contributed by atoms with E-state index < -0.39 is 28.2 Å². The second-order valence-corrected chi connectivity index (χ2v) is 7.83. The van der Waals surface area contributed by atoms with Gasteiger partial charge in [0.2, 0.25) is 0 Å². The van der Waals surface area contributed by atoms with Crippen molar-refractivity contribution in [2.45, 2.75) is 32.1 Å². The standard InChI is InChI=1S/C23H26O5S/c1-4-27-21(24)23(22(25)28-5-2,17-19-9-7-6-8-10-19)15-16-29(26)20-13-11-18(3)12-14-20/h6-16H,4-5,17H2,1-3H3/b16-15-/t29-/m1/s1. The molecule has 0 saturated carbocycles. The molecule has 0 N–H and O–H groups in total. The average Bonchev–Trinajstić information content (AvgIpc) is 2.72. The number of benzene rings is 2. The van der Waals surface area contributed by atoms with Crippen LogP contribution < -0.4 is 0 Å². The summed E-state index contributed by atoms with van der Waals surface area (Å²) in [5.41, 5.74) is 0.0962. The minimum atomic E-state index is -1.71. The van der Waals surface area contributed by atoms with Crippen molar-refractivity contribution in [3.05, 3.63) is 77.2 Å². The fourth-order valence-corrected chi connectivity index (χ4v) is 3.71. The number of ether oxygens (including phenoxy) is 2. The molecular weight excluding hydrogens is 388 g/mol. The SMILES string of the molecule is CCOC(=O)C(/C=C\[S@@](=O)c1ccc(C)cc1)(Cc1ccccc1)C(=O)OCC. The maximum Gasteiger partial charge on any atom is 0.327 e. The van der Waals surface area contributed by atoms with Crippen LogP contribution in [0, 0.1) is 12.3 Å². The van der Waals surface area contributed by atoms with Crippen molar-refractivity contribution in [1.29, 1.82) is 0 Å². The summed E-state index contributed by atoms with van der Waals surface area (Å²) in [7, 11) is -1.53. The van der Waals surface area contributed by atoms with Crippen LogP contribution in [0.2, 0.25) is 0 Å². The third-order valence-electron chi connectivity index (χ3n) is 4.33. The van der Waals surface area contributed by atoms with Gasteiger partial charge in [-0.3, -0.25) is 9.59 Å². The Morgan fingerprint density at radius 3 is 2.00 bits per heavy atom. The van der Waals surface area contributed by atoms with Gasteiger partial charge in [-0.2, -0.15) is 0 Å². The lowest BCUT2D eigenvalue weighted by molar-refractivity contribution is -0.167. The molecule has 0 aliphatic heterocycles. The second-order valence-electron chi connectivity index (χ2n) is 6.49. The van der Waals surface area contributed by atoms with Crippen molar-refractivity contribution in [2.24, 2.45) is 5.41 Å². The number of hydrogen-bond acceptors (Lipinski definition) is 5. The van der Waals surface area contributed by atoms with E-state index in [2.05, 4.69) is 0 Å². The monoisotopic (exact) mass is 414 g/mol. The van der Waals surface area contributed by atoms with Crippen LogP contribution in [0.25, 0.3) is 0 Å². The third kappa shape index (κ3) is 5.87. The Hall–Kier alpha value is -2.73. The molecule has 0 heterocycles. The quantitative estimate of drug-likeness (QED) is 0.459. The molecule has 0 saturated heterocycles. The molecule has 0 radical (unpaired) electrons. The Morgan fingerprint density at radius 1 is 0.931 bits per heavy atom. The fraction of sp³-hybridized carbons (Fsp3) is 0.304. The van der Waals surface area contributed by atoms with Gasteiger partial charge in [0.25, 0.3) is 0 Å². The summed E-state index contributed by atoms with van der Waals surface area (Å²) in [5, 5.41) is 1.36. The zero-order chi connectivity index (χ0) is 21.3. The largest absolute Gasteiger partial charge is 0.465 e. The first-order valence-corrected chi connectivity index (χ1v) is 10.7. The maximum atomic E-state index is 12.9. The predicted molar refractivity (Wildman–Crippen MR) is 113 cm³/mol. The molecule has 0 spiro atoms. The summed E-state index contributed by atoms with van der Waals surface area (Å²) in [5.74, 6) is -1.45. The Kier molecular flexibility index (Phi) is 8.34. The van der Waals surface area contributed by atoms with E-state index >= 15 is 0 Å². The van der Waals surface area contributed by atoms with E-state index in [4.69, 9.17) is 9.47 Å². The molecule has 29 heavy (non-hydrogen) atoms. The lowest BCUT2D eigenvalue weighted by Gasteiger charge is -2.26. The number of hydrogen-bond donors (Lipinski definition) is 0. The van der Waals surface area contributed by atoms with E-state index in [-0.39, 0.29) is 19.6 Å². The molecule has 0 aliphatic carbocycles. The first kappa shape index (κ1) is 22.6. The van der Waals surface area contributed by atoms with Crippen LogP contribution in [0.15, 0.2) is 71.0 Å². The molecule has 0 amide bonds. The van der Waals surface area contributed by atoms with Crippen LogP contribution in [0.5, 0.6) is 0 Å². The smallest absolute Gasteiger partial charge is 0.327 e. The molecule has 0 fully saturated rings. The van der Waals surface area contributed by atoms with Gasteiger partial charge in [-0.1, -0.05) is 48.0 Å². The molecule has 0 aliphatic rings. The first-order chi connectivity index (χ1) is 13.9. The molecule has 2 rings (SSSR count). The van der Waals surface area contributed by atoms with Crippen molar-refractivity contribution in [1.82, 2.24) is 0 Å². The van der Waals surface area contributed by atoms with Gasteiger partial charge in [0.1, 0.15) is 0 Å². The topological polar surface area (TPSA) is 69.7 Å². The molecule has 0 unspecified atom stereocenters. The summed E-state index contributed by atoms with van der Waals surface area (Å²) in [4.78, 5) is 26.4. The number of esters is 2. The summed E-state index contributed by atoms with van der Waals surface area (Å²) in [6.07, 6.45) is 1.42. The highest BCUT2D eigenvalue weighted by atomic mass is 32.2. The predicted octanol–water partition coefficient (Wildman–Crippen LogP) is 3.97. The lowest BCUT2D eigenvalue weighted by Crippen LogP contribution is -2.42. The highest BCUT2D eigenvalue weighted by Gasteiger charge is 2.47. The van der Waals surface area contributed by atoms with Gasteiger partial charge in [0, 0.05) is 16.7 Å². The van der Waals surface area contributed by atoms with Crippen LogP contribution >= 0.6 is 0 Å². The van der Waals surface area contributed by atoms with E-state index in [9.17, 15) is 13.8 Å². The molecule has 0 bridgehead atoms. The minimum absolute atomic E-state index is 0.0487. The van der Waals surface area contributed by atoms with Gasteiger partial charge >= 0.3 is 11.9 Å². The highest BCUT2D eigenvalue weighted by molar-refractivity contribution is 7.88. The molecule has 2 aromatic carbocycles. The van der Waals surface area contributed by atoms with Crippen molar-refractivity contribution >= 4 is 22.7 Å². The Morgan fingerprint density at radius 2 is 1.48 bits per heavy atom. The Balaban J connectivity index is 2.47. The summed E-state index contributed by atoms with van der Waals surface area (Å²) in [6, 6.07) is 16.4. The zero-order valence-electron chi connectivity index (χ0n) is 16.9. The molecule has 5 nitrogen and oxygen atoms in total. The third-order valence-corrected chi connectivity index (χ3v) is 5.45. The van der Waals surface area contributed by atoms with Gasteiger partial charge < -0.3 is 9.47 Å². The van der Waals surface area contributed by atoms with Crippen LogP contribution in [0.1, 0.15) is 25.0 Å². The number of carbonyl (C=O) groups excluding carboxylic acids is 2. The Bertz CT molecular complexity index is 854. The molecule has 6 heteroatoms. The van der Waals surface area contributed by atoms with E-state index in [0.29, 0.717) is 4.90 Å². The zero-order valence-corrected chi connectivity index (χ0v) is 17.7. The van der Waals surface area contributed by atoms with Gasteiger partial charge in [-0.05, 0) is 44.5 Å². The van der Waals surface area contributed by atoms with Gasteiger partial charge in [-0.15, -0.1) is 0 Å². The minimum Gasteiger partial charge on any atom is -0.465 e. The van der Waals surface area contributed by atoms with E-state index in [1.165, 1.54) is 11.5 Å². The first-order valence-electron chi connectivity index (χ1n) is 9.48. The van der Waals surface area contributed by atoms with Crippen molar-refractivity contribution in [3.63, 3.8) is 0 Å². The number of carbonyl (C=O) groups is 2. The summed E-state index contributed by atoms with van der Waals surface area (Å²) < 4.78 is 23.2. The van der Waals surface area contributed by atoms with Crippen LogP contribution in [-0.4, -0.2) is 29.4 Å². The highest BCUT2D eigenvalue weighted by Crippen LogP contribution is 2.30. The lowest BCUT2D eigenvalue weighted by atomic mass is 9.81. The van der Waals surface area contributed by atoms with Gasteiger partial charge in [-0.25, -0.2) is 4.21 Å². The van der Waals surface area contributed by atoms with Crippen LogP contribution in [-0.2, 0) is 36.3 Å². The average molecular weight is 415 g/mol. The maximum absolute atomic E-state index is 12.9. The van der Waals surface area contributed by atoms with E-state index in [1.54, 1.807) is 26.0 Å². The van der Waals surface area contributed by atoms with E-state index in [1.807, 2.05) is 49.4 Å². The van der Waals surface area contributed by atoms with Crippen LogP contribution in [0.3, 0.4) is 0 Å². The molecule has 0 aromatic heterocycles. The molecule has 1 atom stereocenters. The second kappa shape index (κ2) is 10.7. The number of aryl methyl sites for hydroxylation is 1. The summed E-state index contributed by atoms with van der Waals surface area (Å²) in [6.45, 7) is 5.51. The molecular formula is C23H26O5S. The normalized spacial score (nSPS) is 12.5. The summed E-state index contributed by atoms with van der Waals surface area (Å²) >= 11 is 0. The van der Waals surface area contributed by atoms with Crippen molar-refractivity contribution < 1.29 is 23.3 Å². The van der Waals surface area contributed by atoms with Gasteiger partial charge in [0.05, 0.1) is 24.0 Å². The number of rotatable bonds is 9. The fourth-order valence-electron chi connectivity index (χ4n) is 2.79.